The molecule has 0 fully saturated rings. The highest BCUT2D eigenvalue weighted by molar-refractivity contribution is 7.71. The van der Waals surface area contributed by atoms with Crippen molar-refractivity contribution in [2.75, 3.05) is 13.7 Å². The number of ether oxygens (including phenoxy) is 2. The van der Waals surface area contributed by atoms with Crippen LogP contribution in [-0.2, 0) is 0 Å². The van der Waals surface area contributed by atoms with Gasteiger partial charge in [0.15, 0.2) is 17.3 Å². The number of aromatic amines is 1. The maximum Gasteiger partial charge on any atom is 0.219 e. The molecule has 136 valence electrons. The number of benzene rings is 1. The van der Waals surface area contributed by atoms with Crippen LogP contribution in [0.2, 0.25) is 0 Å². The fraction of sp³-hybridized carbons (Fsp3) is 0.278. The van der Waals surface area contributed by atoms with Crippen LogP contribution in [0.5, 0.6) is 11.5 Å². The first-order valence-electron chi connectivity index (χ1n) is 8.29. The van der Waals surface area contributed by atoms with E-state index in [0.717, 1.165) is 18.4 Å². The van der Waals surface area contributed by atoms with Crippen molar-refractivity contribution in [2.45, 2.75) is 19.8 Å². The van der Waals surface area contributed by atoms with Crippen molar-refractivity contribution in [3.63, 3.8) is 0 Å². The van der Waals surface area contributed by atoms with Crippen molar-refractivity contribution in [2.24, 2.45) is 5.10 Å². The number of H-pyrrole nitrogens is 1. The molecule has 0 atom stereocenters. The first-order valence-corrected chi connectivity index (χ1v) is 8.70. The van der Waals surface area contributed by atoms with Gasteiger partial charge < -0.3 is 13.9 Å². The van der Waals surface area contributed by atoms with Crippen molar-refractivity contribution in [3.8, 4) is 23.1 Å². The molecular weight excluding hydrogens is 352 g/mol. The number of methoxy groups -OCH3 is 1. The molecule has 0 saturated carbocycles. The van der Waals surface area contributed by atoms with Crippen LogP contribution >= 0.6 is 12.2 Å². The van der Waals surface area contributed by atoms with E-state index < -0.39 is 0 Å². The molecule has 0 unspecified atom stereocenters. The first kappa shape index (κ1) is 17.9. The van der Waals surface area contributed by atoms with Crippen molar-refractivity contribution >= 4 is 18.4 Å². The Morgan fingerprint density at radius 2 is 2.23 bits per heavy atom. The van der Waals surface area contributed by atoms with Gasteiger partial charge in [0, 0.05) is 0 Å². The van der Waals surface area contributed by atoms with Gasteiger partial charge in [-0.3, -0.25) is 0 Å². The number of rotatable bonds is 8. The zero-order valence-corrected chi connectivity index (χ0v) is 15.5. The molecule has 0 spiro atoms. The number of hydrogen-bond acceptors (Lipinski definition) is 6. The molecule has 7 nitrogen and oxygen atoms in total. The van der Waals surface area contributed by atoms with Gasteiger partial charge in [-0.25, -0.2) is 5.10 Å². The molecule has 3 aromatic rings. The average Bonchev–Trinajstić information content (AvgIpc) is 3.30. The lowest BCUT2D eigenvalue weighted by Crippen LogP contribution is -2.00. The highest BCUT2D eigenvalue weighted by atomic mass is 32.1. The highest BCUT2D eigenvalue weighted by Gasteiger charge is 2.10. The summed E-state index contributed by atoms with van der Waals surface area (Å²) < 4.78 is 18.4. The zero-order valence-electron chi connectivity index (χ0n) is 14.6. The minimum atomic E-state index is 0.374. The normalized spacial score (nSPS) is 11.2. The summed E-state index contributed by atoms with van der Waals surface area (Å²) in [4.78, 5) is 0. The Labute approximate surface area is 156 Å². The number of aromatic nitrogens is 3. The lowest BCUT2D eigenvalue weighted by atomic mass is 10.2. The van der Waals surface area contributed by atoms with Crippen LogP contribution in [-0.4, -0.2) is 34.8 Å². The summed E-state index contributed by atoms with van der Waals surface area (Å²) in [5, 5.41) is 11.3. The summed E-state index contributed by atoms with van der Waals surface area (Å²) in [7, 11) is 1.62. The highest BCUT2D eigenvalue weighted by Crippen LogP contribution is 2.28. The van der Waals surface area contributed by atoms with E-state index in [1.54, 1.807) is 31.7 Å². The SMILES string of the molecule is CCCCOc1ccc(/C=N\n2c(-c3ccco3)n[nH]c2=S)cc1OC. The van der Waals surface area contributed by atoms with Crippen LogP contribution in [0.3, 0.4) is 0 Å². The predicted molar refractivity (Wildman–Crippen MR) is 102 cm³/mol. The van der Waals surface area contributed by atoms with Gasteiger partial charge in [-0.1, -0.05) is 13.3 Å². The number of unbranched alkanes of at least 4 members (excludes halogenated alkanes) is 1. The molecule has 1 N–H and O–H groups in total. The summed E-state index contributed by atoms with van der Waals surface area (Å²) in [6.07, 6.45) is 5.33. The predicted octanol–water partition coefficient (Wildman–Crippen LogP) is 4.27. The first-order chi connectivity index (χ1) is 12.7. The van der Waals surface area contributed by atoms with Gasteiger partial charge in [-0.15, -0.1) is 5.10 Å². The van der Waals surface area contributed by atoms with Crippen molar-refractivity contribution in [3.05, 3.63) is 46.9 Å². The Morgan fingerprint density at radius 3 is 2.96 bits per heavy atom. The molecule has 0 aliphatic rings. The fourth-order valence-corrected chi connectivity index (χ4v) is 2.48. The topological polar surface area (TPSA) is 77.6 Å². The maximum atomic E-state index is 5.74. The van der Waals surface area contributed by atoms with Crippen molar-refractivity contribution < 1.29 is 13.9 Å². The smallest absolute Gasteiger partial charge is 0.219 e. The quantitative estimate of drug-likeness (QED) is 0.363. The van der Waals surface area contributed by atoms with E-state index in [1.165, 1.54) is 4.68 Å². The second-order valence-corrected chi connectivity index (χ2v) is 5.89. The Kier molecular flexibility index (Phi) is 5.85. The molecule has 0 bridgehead atoms. The summed E-state index contributed by atoms with van der Waals surface area (Å²) in [5.41, 5.74) is 0.846. The van der Waals surface area contributed by atoms with E-state index in [2.05, 4.69) is 22.2 Å². The monoisotopic (exact) mass is 372 g/mol. The zero-order chi connectivity index (χ0) is 18.4. The van der Waals surface area contributed by atoms with Crippen LogP contribution in [0.15, 0.2) is 46.1 Å². The molecule has 8 heteroatoms. The molecular formula is C18H20N4O3S. The Balaban J connectivity index is 1.83. The van der Waals surface area contributed by atoms with Crippen LogP contribution in [0.25, 0.3) is 11.6 Å². The minimum Gasteiger partial charge on any atom is -0.493 e. The van der Waals surface area contributed by atoms with Crippen molar-refractivity contribution in [1.29, 1.82) is 0 Å². The molecule has 1 aromatic carbocycles. The third kappa shape index (κ3) is 4.02. The third-order valence-corrected chi connectivity index (χ3v) is 3.92. The molecule has 0 radical (unpaired) electrons. The van der Waals surface area contributed by atoms with Crippen LogP contribution < -0.4 is 9.47 Å². The van der Waals surface area contributed by atoms with E-state index in [1.807, 2.05) is 18.2 Å². The van der Waals surface area contributed by atoms with Gasteiger partial charge in [0.1, 0.15) is 0 Å². The van der Waals surface area contributed by atoms with Gasteiger partial charge in [0.25, 0.3) is 0 Å². The third-order valence-electron chi connectivity index (χ3n) is 3.66. The van der Waals surface area contributed by atoms with Crippen LogP contribution in [0.4, 0.5) is 0 Å². The lowest BCUT2D eigenvalue weighted by Gasteiger charge is -2.10. The summed E-state index contributed by atoms with van der Waals surface area (Å²) in [5.74, 6) is 2.45. The van der Waals surface area contributed by atoms with E-state index in [9.17, 15) is 0 Å². The van der Waals surface area contributed by atoms with Gasteiger partial charge in [0.2, 0.25) is 10.6 Å². The van der Waals surface area contributed by atoms with E-state index in [-0.39, 0.29) is 0 Å². The second kappa shape index (κ2) is 8.48. The molecule has 3 rings (SSSR count). The minimum absolute atomic E-state index is 0.374. The Bertz CT molecular complexity index is 928. The van der Waals surface area contributed by atoms with E-state index in [4.69, 9.17) is 26.1 Å². The Hall–Kier alpha value is -2.87. The fourth-order valence-electron chi connectivity index (χ4n) is 2.30. The van der Waals surface area contributed by atoms with Crippen LogP contribution in [0.1, 0.15) is 25.3 Å². The van der Waals surface area contributed by atoms with E-state index in [0.29, 0.717) is 34.5 Å². The number of nitrogens with one attached hydrogen (secondary N) is 1. The van der Waals surface area contributed by atoms with Crippen LogP contribution in [0, 0.1) is 4.77 Å². The average molecular weight is 372 g/mol. The number of nitrogens with zero attached hydrogens (tertiary/aromatic N) is 3. The molecule has 26 heavy (non-hydrogen) atoms. The molecule has 2 aromatic heterocycles. The lowest BCUT2D eigenvalue weighted by molar-refractivity contribution is 0.288. The number of furan rings is 1. The standard InChI is InChI=1S/C18H20N4O3S/c1-3-4-9-24-14-8-7-13(11-16(14)23-2)12-19-22-17(20-21-18(22)26)15-6-5-10-25-15/h5-8,10-12H,3-4,9H2,1-2H3,(H,21,26)/b19-12-. The van der Waals surface area contributed by atoms with E-state index >= 15 is 0 Å². The summed E-state index contributed by atoms with van der Waals surface area (Å²) >= 11 is 5.24. The van der Waals surface area contributed by atoms with Gasteiger partial charge in [-0.05, 0) is 54.5 Å². The number of hydrogen-bond donors (Lipinski definition) is 1. The largest absolute Gasteiger partial charge is 0.493 e. The maximum absolute atomic E-state index is 5.74. The Morgan fingerprint density at radius 1 is 1.35 bits per heavy atom. The molecule has 0 aliphatic carbocycles. The van der Waals surface area contributed by atoms with Crippen molar-refractivity contribution in [1.82, 2.24) is 14.9 Å². The van der Waals surface area contributed by atoms with Gasteiger partial charge in [-0.2, -0.15) is 9.78 Å². The van der Waals surface area contributed by atoms with Gasteiger partial charge in [0.05, 0.1) is 26.2 Å². The molecule has 0 amide bonds. The van der Waals surface area contributed by atoms with Gasteiger partial charge >= 0.3 is 0 Å². The summed E-state index contributed by atoms with van der Waals surface area (Å²) in [6, 6.07) is 9.22. The molecule has 2 heterocycles. The second-order valence-electron chi connectivity index (χ2n) is 5.50. The molecule has 0 aliphatic heterocycles. The summed E-state index contributed by atoms with van der Waals surface area (Å²) in [6.45, 7) is 2.79. The molecule has 0 saturated heterocycles.